The van der Waals surface area contributed by atoms with Gasteiger partial charge in [-0.05, 0) is 50.1 Å². The third-order valence-corrected chi connectivity index (χ3v) is 2.19. The van der Waals surface area contributed by atoms with Gasteiger partial charge in [-0.15, -0.1) is 0 Å². The zero-order chi connectivity index (χ0) is 12.2. The topological polar surface area (TPSA) is 27.7 Å². The fraction of sp³-hybridized carbons (Fsp3) is 0.538. The number of hydrogen-bond acceptors (Lipinski definition) is 3. The van der Waals surface area contributed by atoms with Crippen LogP contribution in [-0.4, -0.2) is 19.7 Å². The molecule has 16 heavy (non-hydrogen) atoms. The largest absolute Gasteiger partial charge is 0.439 e. The molecule has 1 aromatic carbocycles. The summed E-state index contributed by atoms with van der Waals surface area (Å²) in [4.78, 5) is 0. The summed E-state index contributed by atoms with van der Waals surface area (Å²) in [6, 6.07) is 7.00. The van der Waals surface area contributed by atoms with Crippen LogP contribution in [-0.2, 0) is 9.47 Å². The Kier molecular flexibility index (Phi) is 4.33. The number of hydrogen-bond donors (Lipinski definition) is 0. The highest BCUT2D eigenvalue weighted by Crippen LogP contribution is 2.22. The van der Waals surface area contributed by atoms with Crippen LogP contribution in [0.5, 0.6) is 5.75 Å². The van der Waals surface area contributed by atoms with Crippen molar-refractivity contribution in [1.29, 1.82) is 0 Å². The highest BCUT2D eigenvalue weighted by atomic mass is 16.9. The van der Waals surface area contributed by atoms with E-state index in [4.69, 9.17) is 14.2 Å². The van der Waals surface area contributed by atoms with Crippen molar-refractivity contribution in [1.82, 2.24) is 0 Å². The maximum Gasteiger partial charge on any atom is 0.323 e. The summed E-state index contributed by atoms with van der Waals surface area (Å²) in [5.41, 5.74) is 2.06. The van der Waals surface area contributed by atoms with Crippen LogP contribution >= 0.6 is 0 Å². The smallest absolute Gasteiger partial charge is 0.323 e. The SMILES string of the molecule is CCOC(C)(OC)Oc1cc(C)[c]c(C)c1. The van der Waals surface area contributed by atoms with Gasteiger partial charge in [0, 0.05) is 14.0 Å². The van der Waals surface area contributed by atoms with E-state index in [0.29, 0.717) is 6.61 Å². The molecule has 0 aliphatic heterocycles. The lowest BCUT2D eigenvalue weighted by atomic mass is 10.1. The van der Waals surface area contributed by atoms with Gasteiger partial charge in [-0.3, -0.25) is 0 Å². The van der Waals surface area contributed by atoms with E-state index in [-0.39, 0.29) is 0 Å². The molecule has 1 unspecified atom stereocenters. The highest BCUT2D eigenvalue weighted by Gasteiger charge is 2.26. The van der Waals surface area contributed by atoms with E-state index in [1.165, 1.54) is 0 Å². The summed E-state index contributed by atoms with van der Waals surface area (Å²) >= 11 is 0. The van der Waals surface area contributed by atoms with Gasteiger partial charge >= 0.3 is 5.97 Å². The van der Waals surface area contributed by atoms with Crippen LogP contribution in [0.1, 0.15) is 25.0 Å². The van der Waals surface area contributed by atoms with Gasteiger partial charge in [0.1, 0.15) is 5.75 Å². The van der Waals surface area contributed by atoms with Crippen molar-refractivity contribution in [2.75, 3.05) is 13.7 Å². The number of methoxy groups -OCH3 is 1. The second kappa shape index (κ2) is 5.32. The second-order valence-corrected chi connectivity index (χ2v) is 3.78. The van der Waals surface area contributed by atoms with Crippen molar-refractivity contribution >= 4 is 0 Å². The van der Waals surface area contributed by atoms with Crippen LogP contribution in [0.3, 0.4) is 0 Å². The maximum absolute atomic E-state index is 5.69. The summed E-state index contributed by atoms with van der Waals surface area (Å²) in [6.45, 7) is 8.13. The van der Waals surface area contributed by atoms with Gasteiger partial charge in [0.25, 0.3) is 0 Å². The van der Waals surface area contributed by atoms with E-state index in [0.717, 1.165) is 16.9 Å². The molecule has 1 aromatic rings. The Bertz CT molecular complexity index is 329. The third-order valence-electron chi connectivity index (χ3n) is 2.19. The molecule has 1 rings (SSSR count). The van der Waals surface area contributed by atoms with Gasteiger partial charge in [-0.2, -0.15) is 0 Å². The first-order valence-electron chi connectivity index (χ1n) is 5.38. The quantitative estimate of drug-likeness (QED) is 0.718. The van der Waals surface area contributed by atoms with Gasteiger partial charge in [-0.1, -0.05) is 0 Å². The number of ether oxygens (including phenoxy) is 3. The standard InChI is InChI=1S/C13H19O3/c1-6-15-13(4,14-5)16-12-8-10(2)7-11(3)9-12/h8-9H,6H2,1-5H3. The summed E-state index contributed by atoms with van der Waals surface area (Å²) in [5.74, 6) is -0.304. The molecule has 0 aliphatic rings. The van der Waals surface area contributed by atoms with Crippen LogP contribution < -0.4 is 4.74 Å². The molecule has 0 saturated carbocycles. The predicted molar refractivity (Wildman–Crippen MR) is 62.4 cm³/mol. The first-order valence-corrected chi connectivity index (χ1v) is 5.38. The fourth-order valence-electron chi connectivity index (χ4n) is 1.52. The highest BCUT2D eigenvalue weighted by molar-refractivity contribution is 5.32. The maximum atomic E-state index is 5.69. The third kappa shape index (κ3) is 3.51. The Labute approximate surface area is 97.3 Å². The molecule has 3 nitrogen and oxygen atoms in total. The Hall–Kier alpha value is -1.06. The zero-order valence-corrected chi connectivity index (χ0v) is 10.6. The second-order valence-electron chi connectivity index (χ2n) is 3.78. The molecular weight excluding hydrogens is 204 g/mol. The molecule has 0 spiro atoms. The molecule has 89 valence electrons. The molecule has 0 aliphatic carbocycles. The van der Waals surface area contributed by atoms with Crippen LogP contribution in [0.15, 0.2) is 12.1 Å². The van der Waals surface area contributed by atoms with E-state index in [1.807, 2.05) is 32.9 Å². The monoisotopic (exact) mass is 223 g/mol. The van der Waals surface area contributed by atoms with Crippen LogP contribution in [0.25, 0.3) is 0 Å². The minimum atomic E-state index is -1.03. The molecule has 0 bridgehead atoms. The van der Waals surface area contributed by atoms with Crippen LogP contribution in [0.2, 0.25) is 0 Å². The summed E-state index contributed by atoms with van der Waals surface area (Å²) in [6.07, 6.45) is 0. The Balaban J connectivity index is 2.85. The molecule has 0 N–H and O–H groups in total. The zero-order valence-electron chi connectivity index (χ0n) is 10.6. The average molecular weight is 223 g/mol. The number of rotatable bonds is 5. The minimum Gasteiger partial charge on any atom is -0.439 e. The molecule has 0 heterocycles. The van der Waals surface area contributed by atoms with Gasteiger partial charge in [0.05, 0.1) is 6.61 Å². The predicted octanol–water partition coefficient (Wildman–Crippen LogP) is 2.84. The van der Waals surface area contributed by atoms with E-state index < -0.39 is 5.97 Å². The van der Waals surface area contributed by atoms with Crippen molar-refractivity contribution in [2.45, 2.75) is 33.7 Å². The summed E-state index contributed by atoms with van der Waals surface area (Å²) in [7, 11) is 1.56. The van der Waals surface area contributed by atoms with E-state index in [2.05, 4.69) is 6.07 Å². The Morgan fingerprint density at radius 1 is 1.25 bits per heavy atom. The van der Waals surface area contributed by atoms with Crippen molar-refractivity contribution in [3.63, 3.8) is 0 Å². The first kappa shape index (κ1) is 13.0. The van der Waals surface area contributed by atoms with Crippen molar-refractivity contribution in [2.24, 2.45) is 0 Å². The van der Waals surface area contributed by atoms with Crippen molar-refractivity contribution in [3.05, 3.63) is 29.3 Å². The molecule has 0 saturated heterocycles. The molecule has 3 heteroatoms. The lowest BCUT2D eigenvalue weighted by Gasteiger charge is -2.28. The Morgan fingerprint density at radius 3 is 2.25 bits per heavy atom. The fourth-order valence-corrected chi connectivity index (χ4v) is 1.52. The van der Waals surface area contributed by atoms with E-state index in [1.54, 1.807) is 14.0 Å². The van der Waals surface area contributed by atoms with Crippen LogP contribution in [0, 0.1) is 19.9 Å². The molecule has 0 aromatic heterocycles. The molecule has 0 amide bonds. The lowest BCUT2D eigenvalue weighted by Crippen LogP contribution is -2.37. The first-order chi connectivity index (χ1) is 7.49. The van der Waals surface area contributed by atoms with Gasteiger partial charge in [0.2, 0.25) is 0 Å². The minimum absolute atomic E-state index is 0.529. The lowest BCUT2D eigenvalue weighted by molar-refractivity contribution is -0.319. The van der Waals surface area contributed by atoms with Gasteiger partial charge in [0.15, 0.2) is 0 Å². The van der Waals surface area contributed by atoms with Crippen molar-refractivity contribution in [3.8, 4) is 5.75 Å². The van der Waals surface area contributed by atoms with Crippen LogP contribution in [0.4, 0.5) is 0 Å². The molecule has 0 fully saturated rings. The van der Waals surface area contributed by atoms with E-state index >= 15 is 0 Å². The summed E-state index contributed by atoms with van der Waals surface area (Å²) in [5, 5.41) is 0. The molecule has 1 radical (unpaired) electrons. The average Bonchev–Trinajstić information content (AvgIpc) is 2.16. The number of benzene rings is 1. The number of aryl methyl sites for hydroxylation is 2. The summed E-state index contributed by atoms with van der Waals surface area (Å²) < 4.78 is 16.3. The Morgan fingerprint density at radius 2 is 1.81 bits per heavy atom. The van der Waals surface area contributed by atoms with E-state index in [9.17, 15) is 0 Å². The van der Waals surface area contributed by atoms with Gasteiger partial charge in [-0.25, -0.2) is 0 Å². The van der Waals surface area contributed by atoms with Crippen molar-refractivity contribution < 1.29 is 14.2 Å². The molecule has 1 atom stereocenters. The normalized spacial score (nSPS) is 14.6. The van der Waals surface area contributed by atoms with Gasteiger partial charge < -0.3 is 14.2 Å². The molecular formula is C13H19O3.